The van der Waals surface area contributed by atoms with E-state index in [9.17, 15) is 0 Å². The molecular formula is C14H23OPSe3. The quantitative estimate of drug-likeness (QED) is 0.447. The molecule has 5 heteroatoms. The molecule has 0 aliphatic heterocycles. The first-order valence-electron chi connectivity index (χ1n) is 7.73. The van der Waals surface area contributed by atoms with Gasteiger partial charge in [-0.2, -0.15) is 0 Å². The van der Waals surface area contributed by atoms with Crippen molar-refractivity contribution in [2.45, 2.75) is 74.1 Å². The molecule has 108 valence electrons. The summed E-state index contributed by atoms with van der Waals surface area (Å²) >= 11 is 7.24. The van der Waals surface area contributed by atoms with Crippen LogP contribution in [0.25, 0.3) is 0 Å². The Labute approximate surface area is 138 Å². The van der Waals surface area contributed by atoms with Gasteiger partial charge in [0, 0.05) is 0 Å². The standard InChI is InChI=1S/C14H23OPSe3/c17-16(18,15-13-5-1-11(9-13)2-6-13)19-14-7-3-12(10-14)4-8-14/h11-12H,1-10H2,(H,17,18). The van der Waals surface area contributed by atoms with Crippen LogP contribution >= 0.6 is 3.11 Å². The third-order valence-corrected chi connectivity index (χ3v) is 18.9. The van der Waals surface area contributed by atoms with Crippen LogP contribution in [0.5, 0.6) is 0 Å². The van der Waals surface area contributed by atoms with Crippen LogP contribution in [0.3, 0.4) is 0 Å². The average molecular weight is 475 g/mol. The van der Waals surface area contributed by atoms with Crippen molar-refractivity contribution in [2.75, 3.05) is 0 Å². The minimum absolute atomic E-state index is 0.311. The van der Waals surface area contributed by atoms with Gasteiger partial charge in [0.25, 0.3) is 0 Å². The van der Waals surface area contributed by atoms with E-state index in [2.05, 4.69) is 30.7 Å². The van der Waals surface area contributed by atoms with Gasteiger partial charge in [-0.15, -0.1) is 0 Å². The second-order valence-corrected chi connectivity index (χ2v) is 33.0. The molecule has 0 aromatic heterocycles. The summed E-state index contributed by atoms with van der Waals surface area (Å²) in [6.45, 7) is 0. The molecule has 1 nitrogen and oxygen atoms in total. The van der Waals surface area contributed by atoms with E-state index in [1.807, 2.05) is 0 Å². The van der Waals surface area contributed by atoms with Gasteiger partial charge in [-0.1, -0.05) is 0 Å². The molecule has 4 saturated carbocycles. The van der Waals surface area contributed by atoms with Gasteiger partial charge in [-0.05, 0) is 0 Å². The van der Waals surface area contributed by atoms with Gasteiger partial charge in [0.1, 0.15) is 0 Å². The van der Waals surface area contributed by atoms with Gasteiger partial charge >= 0.3 is 139 Å². The summed E-state index contributed by atoms with van der Waals surface area (Å²) < 4.78 is 6.30. The van der Waals surface area contributed by atoms with E-state index in [0.717, 1.165) is 16.1 Å². The van der Waals surface area contributed by atoms with Crippen LogP contribution in [-0.2, 0) is 4.52 Å². The summed E-state index contributed by atoms with van der Waals surface area (Å²) in [6, 6.07) is 0. The second-order valence-electron chi connectivity index (χ2n) is 7.31. The third-order valence-electron chi connectivity index (χ3n) is 5.97. The summed E-state index contributed by atoms with van der Waals surface area (Å²) in [7, 11) is 0. The number of hydrogen-bond donors (Lipinski definition) is 0. The van der Waals surface area contributed by atoms with Crippen molar-refractivity contribution in [3.05, 3.63) is 0 Å². The van der Waals surface area contributed by atoms with E-state index in [4.69, 9.17) is 4.52 Å². The zero-order valence-electron chi connectivity index (χ0n) is 11.3. The number of hydrogen-bond acceptors (Lipinski definition) is 1. The molecule has 4 aliphatic rings. The summed E-state index contributed by atoms with van der Waals surface area (Å²) in [5.41, 5.74) is 0.311. The molecule has 4 bridgehead atoms. The van der Waals surface area contributed by atoms with Crippen LogP contribution in [0.1, 0.15) is 64.2 Å². The number of rotatable bonds is 4. The Kier molecular flexibility index (Phi) is 3.80. The SMILES string of the molecule is [Se]=P([SeH])(OC12CCC(CC1)C2)[Se]C12CCC(CC1)C2. The first-order valence-corrected chi connectivity index (χ1v) is 17.2. The molecule has 0 aromatic rings. The maximum absolute atomic E-state index is 6.84. The van der Waals surface area contributed by atoms with Crippen LogP contribution in [0.15, 0.2) is 0 Å². The Morgan fingerprint density at radius 3 is 2.05 bits per heavy atom. The van der Waals surface area contributed by atoms with E-state index in [1.54, 1.807) is 0 Å². The normalized spacial score (nSPS) is 50.8. The van der Waals surface area contributed by atoms with Gasteiger partial charge in [0.15, 0.2) is 0 Å². The van der Waals surface area contributed by atoms with Crippen LogP contribution in [0, 0.1) is 11.8 Å². The summed E-state index contributed by atoms with van der Waals surface area (Å²) in [4.78, 5) is 0. The van der Waals surface area contributed by atoms with Gasteiger partial charge in [-0.3, -0.25) is 0 Å². The second kappa shape index (κ2) is 4.97. The average Bonchev–Trinajstić information content (AvgIpc) is 3.05. The fourth-order valence-electron chi connectivity index (χ4n) is 5.04. The predicted octanol–water partition coefficient (Wildman–Crippen LogP) is 3.54. The molecule has 0 heterocycles. The molecule has 0 saturated heterocycles. The van der Waals surface area contributed by atoms with Crippen molar-refractivity contribution >= 4 is 48.3 Å². The van der Waals surface area contributed by atoms with Crippen molar-refractivity contribution in [1.82, 2.24) is 0 Å². The van der Waals surface area contributed by atoms with Gasteiger partial charge in [0.2, 0.25) is 0 Å². The molecular weight excluding hydrogens is 452 g/mol. The Morgan fingerprint density at radius 1 is 1.00 bits per heavy atom. The van der Waals surface area contributed by atoms with E-state index in [-0.39, 0.29) is 0 Å². The Morgan fingerprint density at radius 2 is 1.58 bits per heavy atom. The molecule has 4 rings (SSSR count). The number of fused-ring (bicyclic) bond motifs is 4. The molecule has 0 aromatic carbocycles. The molecule has 0 radical (unpaired) electrons. The van der Waals surface area contributed by atoms with Crippen LogP contribution in [0.4, 0.5) is 0 Å². The molecule has 1 atom stereocenters. The van der Waals surface area contributed by atoms with Crippen LogP contribution in [-0.4, -0.2) is 50.8 Å². The van der Waals surface area contributed by atoms with E-state index < -0.39 is 3.11 Å². The first kappa shape index (κ1) is 14.5. The maximum atomic E-state index is 6.84. The zero-order chi connectivity index (χ0) is 13.1. The fraction of sp³-hybridized carbons (Fsp3) is 1.00. The molecule has 1 unspecified atom stereocenters. The monoisotopic (exact) mass is 478 g/mol. The van der Waals surface area contributed by atoms with Crippen LogP contribution < -0.4 is 0 Å². The zero-order valence-corrected chi connectivity index (χ0v) is 17.5. The predicted molar refractivity (Wildman–Crippen MR) is 85.2 cm³/mol. The fourth-order valence-corrected chi connectivity index (χ4v) is 26.4. The van der Waals surface area contributed by atoms with Crippen molar-refractivity contribution in [3.63, 3.8) is 0 Å². The van der Waals surface area contributed by atoms with Crippen molar-refractivity contribution in [3.8, 4) is 0 Å². The Hall–Kier alpha value is 1.95. The molecule has 4 aliphatic carbocycles. The molecule has 0 spiro atoms. The molecule has 0 amide bonds. The molecule has 4 fully saturated rings. The van der Waals surface area contributed by atoms with E-state index in [0.29, 0.717) is 20.1 Å². The Bertz CT molecular complexity index is 386. The van der Waals surface area contributed by atoms with E-state index >= 15 is 0 Å². The van der Waals surface area contributed by atoms with Gasteiger partial charge in [-0.25, -0.2) is 0 Å². The summed E-state index contributed by atoms with van der Waals surface area (Å²) in [6.07, 6.45) is 14.5. The van der Waals surface area contributed by atoms with Crippen molar-refractivity contribution in [1.29, 1.82) is 0 Å². The summed E-state index contributed by atoms with van der Waals surface area (Å²) in [5.74, 6) is 2.08. The van der Waals surface area contributed by atoms with E-state index in [1.165, 1.54) is 64.2 Å². The topological polar surface area (TPSA) is 9.23 Å². The summed E-state index contributed by atoms with van der Waals surface area (Å²) in [5, 5.41) is 0. The first-order chi connectivity index (χ1) is 8.99. The molecule has 19 heavy (non-hydrogen) atoms. The van der Waals surface area contributed by atoms with Gasteiger partial charge < -0.3 is 0 Å². The van der Waals surface area contributed by atoms with Crippen LogP contribution in [0.2, 0.25) is 4.31 Å². The Balaban J connectivity index is 1.46. The minimum atomic E-state index is -1.28. The third kappa shape index (κ3) is 2.80. The van der Waals surface area contributed by atoms with Crippen molar-refractivity contribution in [2.24, 2.45) is 11.8 Å². The van der Waals surface area contributed by atoms with Crippen molar-refractivity contribution < 1.29 is 4.52 Å². The van der Waals surface area contributed by atoms with Gasteiger partial charge in [0.05, 0.1) is 0 Å². The molecule has 0 N–H and O–H groups in total.